The fourth-order valence-electron chi connectivity index (χ4n) is 6.40. The highest BCUT2D eigenvalue weighted by Crippen LogP contribution is 2.35. The molecule has 6 atom stereocenters. The fraction of sp³-hybridized carbons (Fsp3) is 0.452. The van der Waals surface area contributed by atoms with Crippen LogP contribution in [0.2, 0.25) is 0 Å². The summed E-state index contributed by atoms with van der Waals surface area (Å²) < 4.78 is 64.1. The van der Waals surface area contributed by atoms with Crippen molar-refractivity contribution in [3.63, 3.8) is 0 Å². The molecule has 6 unspecified atom stereocenters. The summed E-state index contributed by atoms with van der Waals surface area (Å²) in [5, 5.41) is 37.5. The maximum Gasteiger partial charge on any atom is 0.255 e. The number of hydrogen-bond acceptors (Lipinski definition) is 8. The number of aliphatic hydroxyl groups excluding tert-OH is 2. The van der Waals surface area contributed by atoms with Gasteiger partial charge in [0.1, 0.15) is 41.3 Å². The first-order chi connectivity index (χ1) is 22.2. The molecule has 1 aliphatic carbocycles. The molecule has 0 spiro atoms. The number of ether oxygens (including phenoxy) is 1. The van der Waals surface area contributed by atoms with E-state index in [1.54, 1.807) is 29.1 Å². The number of halogens is 4. The van der Waals surface area contributed by atoms with E-state index in [1.165, 1.54) is 41.2 Å². The lowest BCUT2D eigenvalue weighted by Crippen LogP contribution is -2.56. The number of hydrogen-bond donors (Lipinski definition) is 2. The number of amides is 1. The Morgan fingerprint density at radius 1 is 0.957 bits per heavy atom. The molecule has 11 nitrogen and oxygen atoms in total. The van der Waals surface area contributed by atoms with Gasteiger partial charge in [0, 0.05) is 23.6 Å². The number of carbonyl (C=O) groups is 1. The topological polar surface area (TPSA) is 131 Å². The molecule has 2 aromatic carbocycles. The van der Waals surface area contributed by atoms with Crippen molar-refractivity contribution in [2.75, 3.05) is 13.2 Å². The van der Waals surface area contributed by atoms with Crippen molar-refractivity contribution < 1.29 is 37.3 Å². The first kappa shape index (κ1) is 31.8. The van der Waals surface area contributed by atoms with Gasteiger partial charge < -0.3 is 19.8 Å². The second kappa shape index (κ2) is 13.6. The molecule has 2 fully saturated rings. The maximum absolute atomic E-state index is 14.0. The lowest BCUT2D eigenvalue weighted by Gasteiger charge is -2.42. The number of rotatable bonds is 9. The first-order valence-corrected chi connectivity index (χ1v) is 15.1. The van der Waals surface area contributed by atoms with E-state index in [4.69, 9.17) is 4.74 Å². The van der Waals surface area contributed by atoms with Gasteiger partial charge >= 0.3 is 0 Å². The first-order valence-electron chi connectivity index (χ1n) is 15.1. The van der Waals surface area contributed by atoms with Crippen molar-refractivity contribution in [2.24, 2.45) is 0 Å². The summed E-state index contributed by atoms with van der Waals surface area (Å²) in [6.07, 6.45) is -1.42. The summed E-state index contributed by atoms with van der Waals surface area (Å²) in [6.45, 7) is -1.46. The van der Waals surface area contributed by atoms with Crippen molar-refractivity contribution in [3.05, 3.63) is 72.6 Å². The van der Waals surface area contributed by atoms with Crippen LogP contribution in [0.1, 0.15) is 44.2 Å². The predicted molar refractivity (Wildman–Crippen MR) is 155 cm³/mol. The Kier molecular flexibility index (Phi) is 9.42. The molecule has 1 aliphatic heterocycles. The smallest absolute Gasteiger partial charge is 0.255 e. The minimum Gasteiger partial charge on any atom is -0.394 e. The van der Waals surface area contributed by atoms with Crippen molar-refractivity contribution in [2.45, 2.75) is 75.0 Å². The van der Waals surface area contributed by atoms with Gasteiger partial charge in [-0.2, -0.15) is 0 Å². The molecular formula is C31H33F4N7O4. The zero-order chi connectivity index (χ0) is 32.4. The Bertz CT molecular complexity index is 1650. The Hall–Kier alpha value is -4.21. The summed E-state index contributed by atoms with van der Waals surface area (Å²) in [4.78, 5) is 15.1. The van der Waals surface area contributed by atoms with Crippen LogP contribution in [0.5, 0.6) is 0 Å². The lowest BCUT2D eigenvalue weighted by atomic mass is 9.88. The van der Waals surface area contributed by atoms with Crippen LogP contribution in [0.25, 0.3) is 22.5 Å². The minimum absolute atomic E-state index is 0.127. The highest BCUT2D eigenvalue weighted by atomic mass is 19.3. The zero-order valence-electron chi connectivity index (χ0n) is 24.6. The summed E-state index contributed by atoms with van der Waals surface area (Å²) in [5.74, 6) is -1.57. The van der Waals surface area contributed by atoms with E-state index in [0.29, 0.717) is 48.2 Å². The van der Waals surface area contributed by atoms with Crippen molar-refractivity contribution in [1.82, 2.24) is 34.9 Å². The van der Waals surface area contributed by atoms with Crippen LogP contribution in [0.3, 0.4) is 0 Å². The van der Waals surface area contributed by atoms with E-state index in [0.717, 1.165) is 4.90 Å². The van der Waals surface area contributed by atoms with E-state index in [-0.39, 0.29) is 12.5 Å². The van der Waals surface area contributed by atoms with Crippen LogP contribution in [-0.4, -0.2) is 94.9 Å². The van der Waals surface area contributed by atoms with E-state index in [9.17, 15) is 32.6 Å². The second-order valence-electron chi connectivity index (χ2n) is 11.7. The van der Waals surface area contributed by atoms with E-state index < -0.39 is 67.5 Å². The van der Waals surface area contributed by atoms with Gasteiger partial charge in [0.25, 0.3) is 12.3 Å². The number of carbonyl (C=O) groups excluding carboxylic acids is 1. The van der Waals surface area contributed by atoms with Crippen LogP contribution in [0.15, 0.2) is 60.9 Å². The van der Waals surface area contributed by atoms with Gasteiger partial charge in [0.05, 0.1) is 37.6 Å². The van der Waals surface area contributed by atoms with Gasteiger partial charge in [-0.15, -0.1) is 10.2 Å². The molecular weight excluding hydrogens is 610 g/mol. The molecule has 3 heterocycles. The predicted octanol–water partition coefficient (Wildman–Crippen LogP) is 3.81. The summed E-state index contributed by atoms with van der Waals surface area (Å²) in [5.41, 5.74) is 1.78. The highest BCUT2D eigenvalue weighted by molar-refractivity contribution is 5.81. The average molecular weight is 644 g/mol. The van der Waals surface area contributed by atoms with E-state index in [1.807, 2.05) is 0 Å². The van der Waals surface area contributed by atoms with Crippen LogP contribution < -0.4 is 0 Å². The van der Waals surface area contributed by atoms with E-state index in [2.05, 4.69) is 20.6 Å². The monoisotopic (exact) mass is 643 g/mol. The van der Waals surface area contributed by atoms with Gasteiger partial charge in [-0.3, -0.25) is 4.79 Å². The van der Waals surface area contributed by atoms with Crippen LogP contribution in [0.4, 0.5) is 17.6 Å². The summed E-state index contributed by atoms with van der Waals surface area (Å²) in [6, 6.07) is 9.96. The molecule has 2 N–H and O–H groups in total. The summed E-state index contributed by atoms with van der Waals surface area (Å²) in [7, 11) is 0. The number of nitrogens with zero attached hydrogens (tertiary/aromatic N) is 7. The average Bonchev–Trinajstić information content (AvgIpc) is 3.75. The van der Waals surface area contributed by atoms with Crippen LogP contribution >= 0.6 is 0 Å². The normalized spacial score (nSPS) is 25.1. The number of benzene rings is 2. The van der Waals surface area contributed by atoms with Gasteiger partial charge in [0.15, 0.2) is 0 Å². The van der Waals surface area contributed by atoms with Gasteiger partial charge in [-0.05, 0) is 49.9 Å². The second-order valence-corrected chi connectivity index (χ2v) is 11.7. The van der Waals surface area contributed by atoms with Gasteiger partial charge in [0.2, 0.25) is 0 Å². The molecule has 15 heteroatoms. The Morgan fingerprint density at radius 2 is 1.59 bits per heavy atom. The molecule has 1 saturated carbocycles. The quantitative estimate of drug-likeness (QED) is 0.264. The Morgan fingerprint density at radius 3 is 2.20 bits per heavy atom. The largest absolute Gasteiger partial charge is 0.394 e. The number of aliphatic hydroxyl groups is 2. The van der Waals surface area contributed by atoms with Crippen molar-refractivity contribution >= 4 is 5.91 Å². The third-order valence-electron chi connectivity index (χ3n) is 8.68. The molecule has 6 rings (SSSR count). The Balaban J connectivity index is 1.21. The Labute approximate surface area is 261 Å². The zero-order valence-corrected chi connectivity index (χ0v) is 24.6. The highest BCUT2D eigenvalue weighted by Gasteiger charge is 2.45. The molecule has 244 valence electrons. The third-order valence-corrected chi connectivity index (χ3v) is 8.68. The summed E-state index contributed by atoms with van der Waals surface area (Å²) >= 11 is 0. The third kappa shape index (κ3) is 6.81. The number of aromatic nitrogens is 6. The molecule has 0 radical (unpaired) electrons. The van der Waals surface area contributed by atoms with Crippen molar-refractivity contribution in [1.29, 1.82) is 0 Å². The molecule has 4 aromatic rings. The van der Waals surface area contributed by atoms with Gasteiger partial charge in [-0.25, -0.2) is 26.9 Å². The molecule has 1 amide bonds. The fourth-order valence-corrected chi connectivity index (χ4v) is 6.40. The number of alkyl halides is 2. The van der Waals surface area contributed by atoms with Gasteiger partial charge in [-0.1, -0.05) is 34.7 Å². The molecule has 1 saturated heterocycles. The van der Waals surface area contributed by atoms with Crippen molar-refractivity contribution in [3.8, 4) is 22.5 Å². The maximum atomic E-state index is 14.0. The molecule has 0 bridgehead atoms. The standard InChI is InChI=1S/C31H33F4N7O4/c32-20-6-1-4-18(10-20)24-14-41(38-36-24)23-9-3-8-22(12-23)40(16-29(34)35)31(45)27-13-26(30(44)28(17-43)46-27)42-15-25(37-39-42)19-5-2-7-21(33)11-19/h1-2,4-7,10-11,14-15,22-23,26-30,43-44H,3,8-9,12-13,16-17H2. The van der Waals surface area contributed by atoms with Crippen LogP contribution in [-0.2, 0) is 9.53 Å². The molecule has 2 aliphatic rings. The lowest BCUT2D eigenvalue weighted by molar-refractivity contribution is -0.182. The van der Waals surface area contributed by atoms with E-state index >= 15 is 0 Å². The van der Waals surface area contributed by atoms with Crippen LogP contribution in [0, 0.1) is 11.6 Å². The molecule has 46 heavy (non-hydrogen) atoms. The SMILES string of the molecule is O=C(C1CC(n2cc(-c3cccc(F)c3)nn2)C(O)C(CO)O1)N(CC(F)F)C1CCCC(n2cc(-c3cccc(F)c3)nn2)C1. The minimum atomic E-state index is -2.82. The molecule has 2 aromatic heterocycles.